The molecule has 3 aromatic rings. The Morgan fingerprint density at radius 3 is 3.06 bits per heavy atom. The van der Waals surface area contributed by atoms with E-state index in [0.29, 0.717) is 5.52 Å². The van der Waals surface area contributed by atoms with E-state index < -0.39 is 0 Å². The van der Waals surface area contributed by atoms with Crippen molar-refractivity contribution in [3.05, 3.63) is 27.8 Å². The maximum Gasteiger partial charge on any atom is 0.288 e. The Kier molecular flexibility index (Phi) is 1.88. The Bertz CT molecular complexity index is 721. The minimum absolute atomic E-state index is 0.172. The number of hydrogen-bond donors (Lipinski definition) is 1. The molecule has 0 aliphatic heterocycles. The first kappa shape index (κ1) is 9.53. The molecule has 0 radical (unpaired) electrons. The van der Waals surface area contributed by atoms with Gasteiger partial charge in [0.15, 0.2) is 5.65 Å². The van der Waals surface area contributed by atoms with E-state index in [1.807, 2.05) is 24.3 Å². The zero-order valence-corrected chi connectivity index (χ0v) is 9.71. The van der Waals surface area contributed by atoms with Crippen molar-refractivity contribution in [1.29, 1.82) is 0 Å². The number of hydrogen-bond acceptors (Lipinski definition) is 4. The molecule has 82 valence electrons. The second kappa shape index (κ2) is 3.15. The highest BCUT2D eigenvalue weighted by atomic mass is 32.1. The zero-order valence-electron chi connectivity index (χ0n) is 8.89. The molecule has 1 N–H and O–H groups in total. The Labute approximate surface area is 94.8 Å². The number of rotatable bonds is 1. The van der Waals surface area contributed by atoms with Crippen molar-refractivity contribution in [2.45, 2.75) is 19.8 Å². The highest BCUT2D eigenvalue weighted by Gasteiger charge is 2.14. The molecule has 5 nitrogen and oxygen atoms in total. The first-order valence-electron chi connectivity index (χ1n) is 5.01. The quantitative estimate of drug-likeness (QED) is 0.697. The van der Waals surface area contributed by atoms with Crippen molar-refractivity contribution in [2.24, 2.45) is 0 Å². The van der Waals surface area contributed by atoms with Crippen LogP contribution >= 0.6 is 11.3 Å². The predicted octanol–water partition coefficient (Wildman–Crippen LogP) is 1.76. The Morgan fingerprint density at radius 2 is 2.31 bits per heavy atom. The minimum Gasteiger partial charge on any atom is -0.274 e. The lowest BCUT2D eigenvalue weighted by Gasteiger charge is -2.06. The van der Waals surface area contributed by atoms with Crippen molar-refractivity contribution in [1.82, 2.24) is 19.6 Å². The number of H-pyrrole nitrogens is 1. The van der Waals surface area contributed by atoms with Crippen LogP contribution in [0.5, 0.6) is 0 Å². The Morgan fingerprint density at radius 1 is 1.50 bits per heavy atom. The topological polar surface area (TPSA) is 63.0 Å². The molecule has 3 aromatic heterocycles. The summed E-state index contributed by atoms with van der Waals surface area (Å²) in [5.41, 5.74) is 3.05. The fraction of sp³-hybridized carbons (Fsp3) is 0.300. The van der Waals surface area contributed by atoms with Crippen LogP contribution in [0, 0.1) is 0 Å². The summed E-state index contributed by atoms with van der Waals surface area (Å²) in [4.78, 5) is 15.9. The molecule has 0 amide bonds. The van der Waals surface area contributed by atoms with Crippen LogP contribution in [0.2, 0.25) is 0 Å². The Hall–Kier alpha value is -1.69. The van der Waals surface area contributed by atoms with Gasteiger partial charge in [0.25, 0.3) is 5.56 Å². The van der Waals surface area contributed by atoms with Gasteiger partial charge in [0.1, 0.15) is 11.3 Å². The SMILES string of the molecule is CC(C)c1n[nH]c(=O)c2cc3scnc3n12. The molecule has 0 atom stereocenters. The summed E-state index contributed by atoms with van der Waals surface area (Å²) in [6.07, 6.45) is 0. The third-order valence-corrected chi connectivity index (χ3v) is 3.31. The van der Waals surface area contributed by atoms with E-state index in [0.717, 1.165) is 16.2 Å². The van der Waals surface area contributed by atoms with Gasteiger partial charge in [-0.2, -0.15) is 5.10 Å². The summed E-state index contributed by atoms with van der Waals surface area (Å²) in [5.74, 6) is 1.06. The molecular formula is C10H10N4OS. The molecule has 6 heteroatoms. The van der Waals surface area contributed by atoms with Crippen LogP contribution in [0.15, 0.2) is 16.4 Å². The van der Waals surface area contributed by atoms with Gasteiger partial charge < -0.3 is 0 Å². The number of thiazole rings is 1. The van der Waals surface area contributed by atoms with Crippen LogP contribution in [0.3, 0.4) is 0 Å². The molecular weight excluding hydrogens is 224 g/mol. The molecule has 0 fully saturated rings. The van der Waals surface area contributed by atoms with Gasteiger partial charge >= 0.3 is 0 Å². The van der Waals surface area contributed by atoms with E-state index >= 15 is 0 Å². The lowest BCUT2D eigenvalue weighted by molar-refractivity contribution is 0.717. The average Bonchev–Trinajstić information content (AvgIpc) is 2.78. The minimum atomic E-state index is -0.172. The van der Waals surface area contributed by atoms with Crippen molar-refractivity contribution in [3.8, 4) is 0 Å². The summed E-state index contributed by atoms with van der Waals surface area (Å²) in [6.45, 7) is 4.08. The van der Waals surface area contributed by atoms with E-state index in [1.165, 1.54) is 11.3 Å². The molecule has 0 aliphatic carbocycles. The first-order valence-corrected chi connectivity index (χ1v) is 5.89. The third kappa shape index (κ3) is 1.13. The molecule has 0 spiro atoms. The van der Waals surface area contributed by atoms with Gasteiger partial charge in [0.2, 0.25) is 0 Å². The lowest BCUT2D eigenvalue weighted by Crippen LogP contribution is -2.16. The third-order valence-electron chi connectivity index (χ3n) is 2.55. The molecule has 0 bridgehead atoms. The van der Waals surface area contributed by atoms with E-state index in [9.17, 15) is 4.79 Å². The maximum atomic E-state index is 11.7. The summed E-state index contributed by atoms with van der Waals surface area (Å²) < 4.78 is 2.86. The summed E-state index contributed by atoms with van der Waals surface area (Å²) in [5, 5.41) is 6.62. The van der Waals surface area contributed by atoms with E-state index in [2.05, 4.69) is 15.2 Å². The number of nitrogens with one attached hydrogen (secondary N) is 1. The molecule has 0 aliphatic rings. The van der Waals surface area contributed by atoms with Gasteiger partial charge in [-0.15, -0.1) is 11.3 Å². The largest absolute Gasteiger partial charge is 0.288 e. The molecule has 0 unspecified atom stereocenters. The number of fused-ring (bicyclic) bond motifs is 3. The van der Waals surface area contributed by atoms with Gasteiger partial charge in [0, 0.05) is 5.92 Å². The van der Waals surface area contributed by atoms with Gasteiger partial charge in [0.05, 0.1) is 10.2 Å². The number of aromatic amines is 1. The van der Waals surface area contributed by atoms with Gasteiger partial charge in [-0.1, -0.05) is 13.8 Å². The van der Waals surface area contributed by atoms with Crippen molar-refractivity contribution < 1.29 is 0 Å². The van der Waals surface area contributed by atoms with E-state index in [1.54, 1.807) is 5.51 Å². The first-order chi connectivity index (χ1) is 7.68. The Balaban J connectivity index is 2.60. The molecule has 16 heavy (non-hydrogen) atoms. The van der Waals surface area contributed by atoms with E-state index in [-0.39, 0.29) is 11.5 Å². The monoisotopic (exact) mass is 234 g/mol. The predicted molar refractivity (Wildman–Crippen MR) is 63.1 cm³/mol. The number of aromatic nitrogens is 4. The maximum absolute atomic E-state index is 11.7. The molecule has 0 saturated heterocycles. The van der Waals surface area contributed by atoms with Crippen LogP contribution in [0.25, 0.3) is 15.9 Å². The summed E-state index contributed by atoms with van der Waals surface area (Å²) >= 11 is 1.53. The van der Waals surface area contributed by atoms with Gasteiger partial charge in [-0.25, -0.2) is 10.1 Å². The van der Waals surface area contributed by atoms with E-state index in [4.69, 9.17) is 0 Å². The normalized spacial score (nSPS) is 11.9. The molecule has 3 heterocycles. The fourth-order valence-electron chi connectivity index (χ4n) is 1.82. The van der Waals surface area contributed by atoms with Crippen molar-refractivity contribution >= 4 is 27.2 Å². The average molecular weight is 234 g/mol. The summed E-state index contributed by atoms with van der Waals surface area (Å²) in [6, 6.07) is 1.86. The van der Waals surface area contributed by atoms with Crippen LogP contribution in [-0.4, -0.2) is 19.6 Å². The lowest BCUT2D eigenvalue weighted by atomic mass is 10.2. The van der Waals surface area contributed by atoms with Gasteiger partial charge in [-0.05, 0) is 6.07 Å². The van der Waals surface area contributed by atoms with Gasteiger partial charge in [-0.3, -0.25) is 9.20 Å². The summed E-state index contributed by atoms with van der Waals surface area (Å²) in [7, 11) is 0. The van der Waals surface area contributed by atoms with Crippen LogP contribution in [0.4, 0.5) is 0 Å². The zero-order chi connectivity index (χ0) is 11.3. The smallest absolute Gasteiger partial charge is 0.274 e. The number of nitrogens with zero attached hydrogens (tertiary/aromatic N) is 3. The molecule has 3 rings (SSSR count). The van der Waals surface area contributed by atoms with Crippen LogP contribution < -0.4 is 5.56 Å². The van der Waals surface area contributed by atoms with Crippen molar-refractivity contribution in [3.63, 3.8) is 0 Å². The molecule has 0 saturated carbocycles. The van der Waals surface area contributed by atoms with Crippen LogP contribution in [-0.2, 0) is 0 Å². The second-order valence-corrected chi connectivity index (χ2v) is 4.86. The highest BCUT2D eigenvalue weighted by molar-refractivity contribution is 7.16. The fourth-order valence-corrected chi connectivity index (χ4v) is 2.52. The second-order valence-electron chi connectivity index (χ2n) is 3.97. The van der Waals surface area contributed by atoms with Crippen LogP contribution in [0.1, 0.15) is 25.6 Å². The molecule has 0 aromatic carbocycles. The highest BCUT2D eigenvalue weighted by Crippen LogP contribution is 2.23. The standard InChI is InChI=1S/C10H10N4OS/c1-5(2)8-12-13-10(15)6-3-7-9(14(6)8)11-4-16-7/h3-5H,1-2H3,(H,13,15). The van der Waals surface area contributed by atoms with Crippen molar-refractivity contribution in [2.75, 3.05) is 0 Å².